The van der Waals surface area contributed by atoms with Crippen LogP contribution in [0.3, 0.4) is 0 Å². The molecule has 0 bridgehead atoms. The van der Waals surface area contributed by atoms with E-state index >= 15 is 0 Å². The first kappa shape index (κ1) is 25.1. The van der Waals surface area contributed by atoms with E-state index in [9.17, 15) is 22.8 Å². The van der Waals surface area contributed by atoms with Gasteiger partial charge in [0.15, 0.2) is 6.61 Å². The van der Waals surface area contributed by atoms with Crippen molar-refractivity contribution in [2.45, 2.75) is 38.4 Å². The molecule has 4 N–H and O–H groups in total. The first-order chi connectivity index (χ1) is 15.8. The molecule has 0 aliphatic heterocycles. The average molecular weight is 480 g/mol. The molecule has 0 radical (unpaired) electrons. The predicted molar refractivity (Wildman–Crippen MR) is 121 cm³/mol. The van der Waals surface area contributed by atoms with Gasteiger partial charge in [-0.1, -0.05) is 13.5 Å². The summed E-state index contributed by atoms with van der Waals surface area (Å²) in [7, 11) is 1.72. The van der Waals surface area contributed by atoms with E-state index in [0.717, 1.165) is 19.3 Å². The van der Waals surface area contributed by atoms with E-state index in [2.05, 4.69) is 18.6 Å². The Balaban J connectivity index is 1.75. The number of likely N-dealkylation sites (N-methyl/N-ethyl adjacent to an activating group) is 1. The lowest BCUT2D eigenvalue weighted by molar-refractivity contribution is -0.153. The second kappa shape index (κ2) is 9.40. The van der Waals surface area contributed by atoms with Crippen LogP contribution in [-0.2, 0) is 4.79 Å². The van der Waals surface area contributed by atoms with Crippen LogP contribution in [0.5, 0.6) is 5.75 Å². The zero-order valence-corrected chi connectivity index (χ0v) is 19.1. The van der Waals surface area contributed by atoms with E-state index in [1.165, 1.54) is 30.3 Å². The molecule has 1 aromatic carbocycles. The van der Waals surface area contributed by atoms with Crippen molar-refractivity contribution < 1.29 is 27.5 Å². The molecule has 0 unspecified atom stereocenters. The first-order valence-corrected chi connectivity index (χ1v) is 10.7. The summed E-state index contributed by atoms with van der Waals surface area (Å²) >= 11 is 0. The van der Waals surface area contributed by atoms with E-state index in [4.69, 9.17) is 16.2 Å². The van der Waals surface area contributed by atoms with Crippen molar-refractivity contribution in [1.82, 2.24) is 14.7 Å². The summed E-state index contributed by atoms with van der Waals surface area (Å²) in [4.78, 5) is 25.4. The van der Waals surface area contributed by atoms with Gasteiger partial charge in [0.05, 0.1) is 6.04 Å². The van der Waals surface area contributed by atoms with Crippen molar-refractivity contribution >= 4 is 17.6 Å². The molecule has 34 heavy (non-hydrogen) atoms. The maximum Gasteiger partial charge on any atom is 0.422 e. The number of ether oxygens (including phenoxy) is 1. The summed E-state index contributed by atoms with van der Waals surface area (Å²) < 4.78 is 43.4. The Morgan fingerprint density at radius 3 is 2.47 bits per heavy atom. The maximum atomic E-state index is 12.4. The molecular weight excluding hydrogens is 451 g/mol. The van der Waals surface area contributed by atoms with Crippen molar-refractivity contribution in [3.8, 4) is 17.0 Å². The largest absolute Gasteiger partial charge is 0.484 e. The van der Waals surface area contributed by atoms with Gasteiger partial charge in [-0.2, -0.15) is 18.3 Å². The number of aromatic nitrogens is 2. The molecule has 1 fully saturated rings. The topological polar surface area (TPSA) is 116 Å². The van der Waals surface area contributed by atoms with E-state index in [0.29, 0.717) is 12.1 Å². The fourth-order valence-electron chi connectivity index (χ4n) is 4.20. The van der Waals surface area contributed by atoms with Crippen LogP contribution in [0.15, 0.2) is 36.9 Å². The van der Waals surface area contributed by atoms with Crippen LogP contribution >= 0.6 is 0 Å². The zero-order valence-electron chi connectivity index (χ0n) is 19.1. The molecule has 11 heteroatoms. The zero-order chi connectivity index (χ0) is 25.3. The third kappa shape index (κ3) is 5.52. The second-order valence-corrected chi connectivity index (χ2v) is 8.93. The van der Waals surface area contributed by atoms with Crippen LogP contribution in [0.25, 0.3) is 11.3 Å². The Bertz CT molecular complexity index is 1070. The van der Waals surface area contributed by atoms with Gasteiger partial charge < -0.3 is 21.1 Å². The van der Waals surface area contributed by atoms with Gasteiger partial charge in [-0.3, -0.25) is 9.59 Å². The van der Waals surface area contributed by atoms with Crippen molar-refractivity contribution in [2.75, 3.05) is 25.9 Å². The Morgan fingerprint density at radius 1 is 1.32 bits per heavy atom. The summed E-state index contributed by atoms with van der Waals surface area (Å²) in [5.74, 6) is -0.709. The standard InChI is InChI=1S/C23H28F3N5O3/c1-4-17(32)30(3)10-9-22(2)11-15(12-22)31-20(27)18(21(28)33)19(29-31)14-5-7-16(8-6-14)34-13-23(24,25)26/h4-8,15H,1,9-13,27H2,2-3H3,(H2,28,33). The van der Waals surface area contributed by atoms with Gasteiger partial charge in [-0.15, -0.1) is 0 Å². The van der Waals surface area contributed by atoms with Gasteiger partial charge in [0.25, 0.3) is 5.91 Å². The summed E-state index contributed by atoms with van der Waals surface area (Å²) in [6.45, 7) is 4.79. The Morgan fingerprint density at radius 2 is 1.94 bits per heavy atom. The third-order valence-electron chi connectivity index (χ3n) is 6.13. The Labute approximate surface area is 195 Å². The van der Waals surface area contributed by atoms with Gasteiger partial charge in [0, 0.05) is 19.2 Å². The summed E-state index contributed by atoms with van der Waals surface area (Å²) in [6, 6.07) is 5.68. The van der Waals surface area contributed by atoms with E-state index in [1.54, 1.807) is 16.6 Å². The second-order valence-electron chi connectivity index (χ2n) is 8.93. The molecule has 1 aliphatic carbocycles. The number of nitrogens with two attached hydrogens (primary N) is 2. The van der Waals surface area contributed by atoms with E-state index in [-0.39, 0.29) is 40.2 Å². The lowest BCUT2D eigenvalue weighted by Gasteiger charge is -2.46. The number of halogens is 3. The number of nitrogen functional groups attached to an aromatic ring is 1. The highest BCUT2D eigenvalue weighted by atomic mass is 19.4. The lowest BCUT2D eigenvalue weighted by atomic mass is 9.65. The van der Waals surface area contributed by atoms with Crippen LogP contribution in [0.2, 0.25) is 0 Å². The number of carbonyl (C=O) groups excluding carboxylic acids is 2. The average Bonchev–Trinajstić information content (AvgIpc) is 3.10. The number of hydrogen-bond acceptors (Lipinski definition) is 5. The van der Waals surface area contributed by atoms with Crippen molar-refractivity contribution in [1.29, 1.82) is 0 Å². The van der Waals surface area contributed by atoms with Gasteiger partial charge in [-0.25, -0.2) is 4.68 Å². The van der Waals surface area contributed by atoms with Gasteiger partial charge in [-0.05, 0) is 55.0 Å². The maximum absolute atomic E-state index is 12.4. The molecule has 2 amide bonds. The van der Waals surface area contributed by atoms with Crippen LogP contribution in [0.4, 0.5) is 19.0 Å². The predicted octanol–water partition coefficient (Wildman–Crippen LogP) is 3.55. The minimum absolute atomic E-state index is 0.0245. The minimum Gasteiger partial charge on any atom is -0.484 e. The van der Waals surface area contributed by atoms with Gasteiger partial charge in [0.1, 0.15) is 22.8 Å². The van der Waals surface area contributed by atoms with Crippen molar-refractivity contribution in [3.05, 3.63) is 42.5 Å². The number of nitrogens with zero attached hydrogens (tertiary/aromatic N) is 3. The molecule has 1 aromatic heterocycles. The molecule has 184 valence electrons. The molecule has 1 aliphatic rings. The molecule has 1 heterocycles. The summed E-state index contributed by atoms with van der Waals surface area (Å²) in [6.07, 6.45) is -0.888. The molecular formula is C23H28F3N5O3. The fourth-order valence-corrected chi connectivity index (χ4v) is 4.20. The molecule has 0 spiro atoms. The van der Waals surface area contributed by atoms with Crippen molar-refractivity contribution in [2.24, 2.45) is 11.1 Å². The molecule has 2 aromatic rings. The van der Waals surface area contributed by atoms with E-state index in [1.807, 2.05) is 0 Å². The molecule has 0 atom stereocenters. The number of amides is 2. The highest BCUT2D eigenvalue weighted by molar-refractivity contribution is 6.03. The van der Waals surface area contributed by atoms with Gasteiger partial charge >= 0.3 is 6.18 Å². The Kier molecular flexibility index (Phi) is 6.94. The molecule has 3 rings (SSSR count). The lowest BCUT2D eigenvalue weighted by Crippen LogP contribution is -2.40. The molecule has 0 saturated heterocycles. The highest BCUT2D eigenvalue weighted by Crippen LogP contribution is 2.51. The number of alkyl halides is 3. The van der Waals surface area contributed by atoms with Crippen molar-refractivity contribution in [3.63, 3.8) is 0 Å². The number of anilines is 1. The van der Waals surface area contributed by atoms with Crippen LogP contribution in [0.1, 0.15) is 42.6 Å². The number of carbonyl (C=O) groups is 2. The SMILES string of the molecule is C=CC(=O)N(C)CCC1(C)CC(n2nc(-c3ccc(OCC(F)(F)F)cc3)c(C(N)=O)c2N)C1. The van der Waals surface area contributed by atoms with Crippen LogP contribution < -0.4 is 16.2 Å². The van der Waals surface area contributed by atoms with Gasteiger partial charge in [0.2, 0.25) is 5.91 Å². The number of primary amides is 1. The number of hydrogen-bond donors (Lipinski definition) is 2. The summed E-state index contributed by atoms with van der Waals surface area (Å²) in [5.41, 5.74) is 12.6. The Hall–Kier alpha value is -3.50. The van der Waals surface area contributed by atoms with Crippen LogP contribution in [0, 0.1) is 5.41 Å². The highest BCUT2D eigenvalue weighted by Gasteiger charge is 2.43. The minimum atomic E-state index is -4.45. The quantitative estimate of drug-likeness (QED) is 0.534. The molecule has 1 saturated carbocycles. The number of rotatable bonds is 9. The third-order valence-corrected chi connectivity index (χ3v) is 6.13. The normalized spacial score (nSPS) is 19.9. The summed E-state index contributed by atoms with van der Waals surface area (Å²) in [5, 5.41) is 4.53. The first-order valence-electron chi connectivity index (χ1n) is 10.7. The monoisotopic (exact) mass is 479 g/mol. The van der Waals surface area contributed by atoms with Crippen LogP contribution in [-0.4, -0.2) is 52.9 Å². The smallest absolute Gasteiger partial charge is 0.422 e. The number of benzene rings is 1. The van der Waals surface area contributed by atoms with E-state index < -0.39 is 18.7 Å². The fraction of sp³-hybridized carbons (Fsp3) is 0.435. The molecule has 8 nitrogen and oxygen atoms in total.